The summed E-state index contributed by atoms with van der Waals surface area (Å²) in [6.45, 7) is 29.4. The Hall–Kier alpha value is -2.86. The Morgan fingerprint density at radius 3 is 0.509 bits per heavy atom. The Kier molecular flexibility index (Phi) is 32.6. The molecule has 0 rings (SSSR count). The molecule has 0 aromatic rings. The monoisotopic (exact) mass is 751 g/mol. The lowest BCUT2D eigenvalue weighted by Crippen LogP contribution is -1.84. The van der Waals surface area contributed by atoms with Gasteiger partial charge in [0.25, 0.3) is 0 Å². The minimum atomic E-state index is 1.16. The summed E-state index contributed by atoms with van der Waals surface area (Å²) in [7, 11) is 0. The Morgan fingerprint density at radius 1 is 0.218 bits per heavy atom. The average molecular weight is 751 g/mol. The first-order valence-corrected chi connectivity index (χ1v) is 22.4. The topological polar surface area (TPSA) is 0 Å². The van der Waals surface area contributed by atoms with Crippen LogP contribution in [0.25, 0.3) is 0 Å². The molecule has 0 spiro atoms. The van der Waals surface area contributed by atoms with E-state index in [4.69, 9.17) is 0 Å². The van der Waals surface area contributed by atoms with Gasteiger partial charge in [0.1, 0.15) is 0 Å². The molecule has 0 fully saturated rings. The second-order valence-electron chi connectivity index (χ2n) is 17.3. The van der Waals surface area contributed by atoms with Crippen molar-refractivity contribution >= 4 is 0 Å². The molecular formula is C55H90. The fourth-order valence-electron chi connectivity index (χ4n) is 6.57. The van der Waals surface area contributed by atoms with Crippen molar-refractivity contribution < 1.29 is 0 Å². The zero-order valence-corrected chi connectivity index (χ0v) is 39.0. The van der Waals surface area contributed by atoms with Crippen molar-refractivity contribution in [1.29, 1.82) is 0 Å². The van der Waals surface area contributed by atoms with Gasteiger partial charge in [-0.05, 0) is 218 Å². The Morgan fingerprint density at radius 2 is 0.364 bits per heavy atom. The van der Waals surface area contributed by atoms with E-state index in [0.29, 0.717) is 0 Å². The van der Waals surface area contributed by atoms with Crippen molar-refractivity contribution in [3.05, 3.63) is 128 Å². The molecule has 0 heterocycles. The second kappa shape index (κ2) is 34.4. The minimum Gasteiger partial charge on any atom is -0.0887 e. The maximum absolute atomic E-state index is 2.47. The largest absolute Gasteiger partial charge is 0.0887 e. The minimum absolute atomic E-state index is 1.16. The van der Waals surface area contributed by atoms with Crippen molar-refractivity contribution in [2.75, 3.05) is 0 Å². The summed E-state index contributed by atoms with van der Waals surface area (Å²) >= 11 is 0. The van der Waals surface area contributed by atoms with Crippen molar-refractivity contribution in [1.82, 2.24) is 0 Å². The van der Waals surface area contributed by atoms with Gasteiger partial charge in [-0.25, -0.2) is 0 Å². The molecular weight excluding hydrogens is 661 g/mol. The third-order valence-corrected chi connectivity index (χ3v) is 10.9. The van der Waals surface area contributed by atoms with Gasteiger partial charge in [-0.3, -0.25) is 0 Å². The van der Waals surface area contributed by atoms with Crippen LogP contribution in [0, 0.1) is 0 Å². The van der Waals surface area contributed by atoms with E-state index >= 15 is 0 Å². The third-order valence-electron chi connectivity index (χ3n) is 10.9. The van der Waals surface area contributed by atoms with E-state index in [0.717, 1.165) is 32.1 Å². The highest BCUT2D eigenvalue weighted by atomic mass is 14.0. The van der Waals surface area contributed by atoms with Crippen LogP contribution in [-0.2, 0) is 0 Å². The van der Waals surface area contributed by atoms with Crippen molar-refractivity contribution in [2.45, 2.75) is 218 Å². The molecule has 55 heavy (non-hydrogen) atoms. The SMILES string of the molecule is C/C=C(\C)CC/C=C(\C)CC/C=C(\C)CC/C=C(\C)CC/C=C(\C)CC/C=C(\C)CC/C=C(\C)CC/C=C(\C)CC/C=C(\C)CC/C=C(\C)CCC=C(C)C. The molecule has 0 N–H and O–H groups in total. The van der Waals surface area contributed by atoms with Crippen LogP contribution in [-0.4, -0.2) is 0 Å². The van der Waals surface area contributed by atoms with Gasteiger partial charge in [0, 0.05) is 0 Å². The summed E-state index contributed by atoms with van der Waals surface area (Å²) < 4.78 is 0. The van der Waals surface area contributed by atoms with Gasteiger partial charge in [-0.2, -0.15) is 0 Å². The summed E-state index contributed by atoms with van der Waals surface area (Å²) in [5.41, 5.74) is 16.7. The lowest BCUT2D eigenvalue weighted by molar-refractivity contribution is 0.879. The molecule has 0 unspecified atom stereocenters. The highest BCUT2D eigenvalue weighted by Gasteiger charge is 1.98. The third kappa shape index (κ3) is 35.3. The molecule has 0 radical (unpaired) electrons. The van der Waals surface area contributed by atoms with Crippen LogP contribution in [0.5, 0.6) is 0 Å². The predicted molar refractivity (Wildman–Crippen MR) is 255 cm³/mol. The zero-order valence-electron chi connectivity index (χ0n) is 39.0. The molecule has 0 atom stereocenters. The summed E-state index contributed by atoms with van der Waals surface area (Å²) in [6.07, 6.45) is 50.2. The molecule has 0 amide bonds. The van der Waals surface area contributed by atoms with E-state index in [1.807, 2.05) is 0 Å². The summed E-state index contributed by atoms with van der Waals surface area (Å²) in [4.78, 5) is 0. The van der Waals surface area contributed by atoms with Crippen molar-refractivity contribution in [2.24, 2.45) is 0 Å². The molecule has 0 aliphatic heterocycles. The molecule has 0 nitrogen and oxygen atoms in total. The molecule has 0 aromatic carbocycles. The van der Waals surface area contributed by atoms with Gasteiger partial charge < -0.3 is 0 Å². The van der Waals surface area contributed by atoms with E-state index in [1.165, 1.54) is 158 Å². The fraction of sp³-hybridized carbons (Fsp3) is 0.600. The maximum Gasteiger partial charge on any atom is -0.0288 e. The quantitative estimate of drug-likeness (QED) is 0.0641. The number of allylic oxidation sites excluding steroid dienone is 22. The van der Waals surface area contributed by atoms with Gasteiger partial charge in [0.2, 0.25) is 0 Å². The number of rotatable bonds is 30. The molecule has 0 aromatic heterocycles. The normalized spacial score (nSPS) is 15.0. The standard InChI is InChI=1S/C55H90/c1-14-46(4)26-16-28-48(6)30-18-32-50(8)34-20-36-52(10)38-22-40-54(12)42-24-44-55(13)43-23-41-53(11)39-21-37-51(9)35-19-33-49(7)31-17-29-47(5)27-15-25-45(2)3/h14,25,28-29,32-33,36-37,40-41,44H,15-24,26-27,30-31,34-35,38-39,42-43H2,1-13H3/b46-14+,47-29+,48-28+,49-33+,50-32+,51-37+,52-36+,53-41+,54-40+,55-44+. The fourth-order valence-corrected chi connectivity index (χ4v) is 6.57. The highest BCUT2D eigenvalue weighted by molar-refractivity contribution is 5.11. The van der Waals surface area contributed by atoms with Crippen molar-refractivity contribution in [3.8, 4) is 0 Å². The van der Waals surface area contributed by atoms with Gasteiger partial charge in [-0.1, -0.05) is 128 Å². The molecule has 0 aliphatic rings. The Labute approximate surface area is 345 Å². The molecule has 0 saturated carbocycles. The van der Waals surface area contributed by atoms with E-state index in [9.17, 15) is 0 Å². The molecule has 310 valence electrons. The summed E-state index contributed by atoms with van der Waals surface area (Å²) in [6, 6.07) is 0. The van der Waals surface area contributed by atoms with Crippen LogP contribution in [0.3, 0.4) is 0 Å². The first kappa shape index (κ1) is 52.1. The first-order chi connectivity index (χ1) is 26.2. The smallest absolute Gasteiger partial charge is 0.0288 e. The van der Waals surface area contributed by atoms with Crippen LogP contribution in [0.15, 0.2) is 128 Å². The molecule has 0 bridgehead atoms. The van der Waals surface area contributed by atoms with E-state index in [2.05, 4.69) is 157 Å². The maximum atomic E-state index is 2.47. The lowest BCUT2D eigenvalue weighted by Gasteiger charge is -2.04. The predicted octanol–water partition coefficient (Wildman–Crippen LogP) is 19.2. The molecule has 0 saturated heterocycles. The van der Waals surface area contributed by atoms with Gasteiger partial charge >= 0.3 is 0 Å². The van der Waals surface area contributed by atoms with Crippen molar-refractivity contribution in [3.63, 3.8) is 0 Å². The van der Waals surface area contributed by atoms with E-state index in [-0.39, 0.29) is 0 Å². The van der Waals surface area contributed by atoms with Crippen LogP contribution < -0.4 is 0 Å². The van der Waals surface area contributed by atoms with Gasteiger partial charge in [0.05, 0.1) is 0 Å². The van der Waals surface area contributed by atoms with Gasteiger partial charge in [-0.15, -0.1) is 0 Å². The van der Waals surface area contributed by atoms with Crippen LogP contribution in [0.1, 0.15) is 218 Å². The lowest BCUT2D eigenvalue weighted by atomic mass is 10.0. The highest BCUT2D eigenvalue weighted by Crippen LogP contribution is 2.18. The van der Waals surface area contributed by atoms with Crippen LogP contribution >= 0.6 is 0 Å². The van der Waals surface area contributed by atoms with E-state index in [1.54, 1.807) is 0 Å². The van der Waals surface area contributed by atoms with Crippen LogP contribution in [0.4, 0.5) is 0 Å². The van der Waals surface area contributed by atoms with E-state index < -0.39 is 0 Å². The zero-order chi connectivity index (χ0) is 41.3. The molecule has 0 aliphatic carbocycles. The molecule has 0 heteroatoms. The Balaban J connectivity index is 4.25. The number of hydrogen-bond acceptors (Lipinski definition) is 0. The first-order valence-electron chi connectivity index (χ1n) is 22.4. The van der Waals surface area contributed by atoms with Crippen LogP contribution in [0.2, 0.25) is 0 Å². The summed E-state index contributed by atoms with van der Waals surface area (Å²) in [5.74, 6) is 0. The van der Waals surface area contributed by atoms with Gasteiger partial charge in [0.15, 0.2) is 0 Å². The number of hydrogen-bond donors (Lipinski definition) is 0. The summed E-state index contributed by atoms with van der Waals surface area (Å²) in [5, 5.41) is 0. The average Bonchev–Trinajstić information content (AvgIpc) is 3.11. The Bertz CT molecular complexity index is 1390. The second-order valence-corrected chi connectivity index (χ2v) is 17.3.